The number of pyridine rings is 1. The van der Waals surface area contributed by atoms with Gasteiger partial charge in [0.15, 0.2) is 0 Å². The van der Waals surface area contributed by atoms with Gasteiger partial charge in [0.2, 0.25) is 0 Å². The van der Waals surface area contributed by atoms with E-state index in [4.69, 9.17) is 10.00 Å². The number of hydrogen-bond donors (Lipinski definition) is 1. The minimum atomic E-state index is -1.10. The summed E-state index contributed by atoms with van der Waals surface area (Å²) in [7, 11) is -1.10. The van der Waals surface area contributed by atoms with Crippen molar-refractivity contribution in [3.8, 4) is 6.07 Å². The van der Waals surface area contributed by atoms with Crippen molar-refractivity contribution in [2.24, 2.45) is 0 Å². The van der Waals surface area contributed by atoms with Crippen molar-refractivity contribution in [3.05, 3.63) is 29.6 Å². The van der Waals surface area contributed by atoms with E-state index in [0.29, 0.717) is 23.5 Å². The van der Waals surface area contributed by atoms with Gasteiger partial charge < -0.3 is 14.4 Å². The zero-order chi connectivity index (χ0) is 16.3. The van der Waals surface area contributed by atoms with Crippen molar-refractivity contribution in [2.45, 2.75) is 45.4 Å². The van der Waals surface area contributed by atoms with Crippen LogP contribution in [0.25, 0.3) is 11.0 Å². The molecule has 2 aromatic rings. The molecular formula is C16H23N3O2Si. The molecule has 118 valence electrons. The van der Waals surface area contributed by atoms with Crippen LogP contribution in [-0.4, -0.2) is 29.3 Å². The first-order valence-corrected chi connectivity index (χ1v) is 11.2. The van der Waals surface area contributed by atoms with Crippen LogP contribution in [0.4, 0.5) is 0 Å². The molecule has 0 aromatic carbocycles. The van der Waals surface area contributed by atoms with E-state index in [0.717, 1.165) is 18.2 Å². The van der Waals surface area contributed by atoms with Gasteiger partial charge >= 0.3 is 0 Å². The Hall–Kier alpha value is -1.68. The van der Waals surface area contributed by atoms with Gasteiger partial charge in [-0.1, -0.05) is 19.6 Å². The number of aromatic nitrogens is 2. The number of fused-ring (bicyclic) bond motifs is 1. The average Bonchev–Trinajstić information content (AvgIpc) is 2.84. The highest BCUT2D eigenvalue weighted by molar-refractivity contribution is 6.76. The minimum absolute atomic E-state index is 0.320. The third-order valence-corrected chi connectivity index (χ3v) is 5.24. The fourth-order valence-corrected chi connectivity index (χ4v) is 3.02. The van der Waals surface area contributed by atoms with Crippen LogP contribution in [0.1, 0.15) is 24.3 Å². The molecule has 0 amide bonds. The van der Waals surface area contributed by atoms with Gasteiger partial charge in [-0.3, -0.25) is 0 Å². The standard InChI is InChI=1S/C16H23N3O2Si/c1-12(20)14-9-13(10-17)18-15-5-6-19(16(14)15)11-21-7-8-22(2,3)4/h5-6,9,12,20H,7-8,11H2,1-4H3. The molecule has 0 aliphatic carbocycles. The molecule has 2 heterocycles. The summed E-state index contributed by atoms with van der Waals surface area (Å²) >= 11 is 0. The molecule has 2 aromatic heterocycles. The van der Waals surface area contributed by atoms with Crippen LogP contribution in [0, 0.1) is 11.3 Å². The van der Waals surface area contributed by atoms with Crippen molar-refractivity contribution in [1.82, 2.24) is 9.55 Å². The van der Waals surface area contributed by atoms with Gasteiger partial charge in [0, 0.05) is 26.4 Å². The monoisotopic (exact) mass is 317 g/mol. The highest BCUT2D eigenvalue weighted by Gasteiger charge is 2.15. The van der Waals surface area contributed by atoms with E-state index in [2.05, 4.69) is 24.6 Å². The van der Waals surface area contributed by atoms with Crippen LogP contribution in [0.2, 0.25) is 25.7 Å². The van der Waals surface area contributed by atoms with E-state index in [9.17, 15) is 5.11 Å². The maximum atomic E-state index is 9.98. The molecule has 0 radical (unpaired) electrons. The average molecular weight is 317 g/mol. The maximum Gasteiger partial charge on any atom is 0.141 e. The Morgan fingerprint density at radius 1 is 1.45 bits per heavy atom. The molecule has 0 bridgehead atoms. The van der Waals surface area contributed by atoms with Crippen LogP contribution in [0.15, 0.2) is 18.3 Å². The summed E-state index contributed by atoms with van der Waals surface area (Å²) in [5.41, 5.74) is 2.58. The lowest BCUT2D eigenvalue weighted by Crippen LogP contribution is -2.22. The smallest absolute Gasteiger partial charge is 0.141 e. The molecule has 6 heteroatoms. The van der Waals surface area contributed by atoms with Gasteiger partial charge in [0.25, 0.3) is 0 Å². The molecule has 0 fully saturated rings. The largest absolute Gasteiger partial charge is 0.389 e. The van der Waals surface area contributed by atoms with E-state index in [-0.39, 0.29) is 0 Å². The summed E-state index contributed by atoms with van der Waals surface area (Å²) in [6, 6.07) is 6.65. The number of aliphatic hydroxyl groups is 1. The molecule has 1 unspecified atom stereocenters. The quantitative estimate of drug-likeness (QED) is 0.655. The van der Waals surface area contributed by atoms with Crippen LogP contribution in [0.3, 0.4) is 0 Å². The van der Waals surface area contributed by atoms with Crippen molar-refractivity contribution in [2.75, 3.05) is 6.61 Å². The molecule has 0 aliphatic rings. The van der Waals surface area contributed by atoms with Crippen LogP contribution >= 0.6 is 0 Å². The van der Waals surface area contributed by atoms with Gasteiger partial charge in [-0.2, -0.15) is 5.26 Å². The summed E-state index contributed by atoms with van der Waals surface area (Å²) < 4.78 is 7.72. The first-order valence-electron chi connectivity index (χ1n) is 7.47. The van der Waals surface area contributed by atoms with Crippen molar-refractivity contribution < 1.29 is 9.84 Å². The van der Waals surface area contributed by atoms with Gasteiger partial charge in [-0.05, 0) is 25.1 Å². The second-order valence-electron chi connectivity index (χ2n) is 6.75. The summed E-state index contributed by atoms with van der Waals surface area (Å²) in [6.07, 6.45) is 1.23. The van der Waals surface area contributed by atoms with E-state index in [1.807, 2.05) is 22.9 Å². The van der Waals surface area contributed by atoms with Gasteiger partial charge in [0.1, 0.15) is 18.5 Å². The summed E-state index contributed by atoms with van der Waals surface area (Å²) in [5, 5.41) is 19.0. The highest BCUT2D eigenvalue weighted by atomic mass is 28.3. The molecule has 0 spiro atoms. The maximum absolute atomic E-state index is 9.98. The Bertz CT molecular complexity index is 696. The van der Waals surface area contributed by atoms with E-state index >= 15 is 0 Å². The second kappa shape index (κ2) is 6.61. The Balaban J connectivity index is 2.23. The predicted molar refractivity (Wildman–Crippen MR) is 89.2 cm³/mol. The lowest BCUT2D eigenvalue weighted by molar-refractivity contribution is 0.0898. The predicted octanol–water partition coefficient (Wildman–Crippen LogP) is 3.27. The van der Waals surface area contributed by atoms with Crippen LogP contribution in [0.5, 0.6) is 0 Å². The number of nitrogens with zero attached hydrogens (tertiary/aromatic N) is 3. The number of ether oxygens (including phenoxy) is 1. The zero-order valence-corrected chi connectivity index (χ0v) is 14.6. The Labute approximate surface area is 132 Å². The topological polar surface area (TPSA) is 71.1 Å². The van der Waals surface area contributed by atoms with Crippen molar-refractivity contribution >= 4 is 19.1 Å². The fraction of sp³-hybridized carbons (Fsp3) is 0.500. The third kappa shape index (κ3) is 3.94. The van der Waals surface area contributed by atoms with Crippen LogP contribution < -0.4 is 0 Å². The second-order valence-corrected chi connectivity index (χ2v) is 12.4. The number of nitriles is 1. The Morgan fingerprint density at radius 2 is 2.18 bits per heavy atom. The number of aliphatic hydroxyl groups excluding tert-OH is 1. The fourth-order valence-electron chi connectivity index (χ4n) is 2.27. The van der Waals surface area contributed by atoms with E-state index < -0.39 is 14.2 Å². The lowest BCUT2D eigenvalue weighted by Gasteiger charge is -2.16. The normalized spacial score (nSPS) is 13.3. The molecule has 1 N–H and O–H groups in total. The lowest BCUT2D eigenvalue weighted by atomic mass is 10.1. The van der Waals surface area contributed by atoms with Gasteiger partial charge in [0.05, 0.1) is 17.1 Å². The molecule has 5 nitrogen and oxygen atoms in total. The van der Waals surface area contributed by atoms with Gasteiger partial charge in [-0.15, -0.1) is 0 Å². The van der Waals surface area contributed by atoms with E-state index in [1.165, 1.54) is 0 Å². The molecule has 22 heavy (non-hydrogen) atoms. The first kappa shape index (κ1) is 16.7. The number of rotatable bonds is 6. The summed E-state index contributed by atoms with van der Waals surface area (Å²) in [5.74, 6) is 0. The van der Waals surface area contributed by atoms with Crippen LogP contribution in [-0.2, 0) is 11.5 Å². The molecule has 1 atom stereocenters. The van der Waals surface area contributed by atoms with Crippen molar-refractivity contribution in [1.29, 1.82) is 5.26 Å². The SMILES string of the molecule is CC(O)c1cc(C#N)nc2ccn(COCC[Si](C)(C)C)c12. The molecule has 0 saturated carbocycles. The molecular weight excluding hydrogens is 294 g/mol. The summed E-state index contributed by atoms with van der Waals surface area (Å²) in [6.45, 7) is 9.82. The van der Waals surface area contributed by atoms with E-state index in [1.54, 1.807) is 13.0 Å². The Morgan fingerprint density at radius 3 is 2.77 bits per heavy atom. The van der Waals surface area contributed by atoms with Crippen molar-refractivity contribution in [3.63, 3.8) is 0 Å². The third-order valence-electron chi connectivity index (χ3n) is 3.54. The molecule has 2 rings (SSSR count). The Kier molecular flexibility index (Phi) is 5.01. The minimum Gasteiger partial charge on any atom is -0.389 e. The molecule has 0 aliphatic heterocycles. The zero-order valence-electron chi connectivity index (χ0n) is 13.6. The number of hydrogen-bond acceptors (Lipinski definition) is 4. The highest BCUT2D eigenvalue weighted by Crippen LogP contribution is 2.25. The summed E-state index contributed by atoms with van der Waals surface area (Å²) in [4.78, 5) is 4.28. The van der Waals surface area contributed by atoms with Gasteiger partial charge in [-0.25, -0.2) is 4.98 Å². The molecule has 0 saturated heterocycles. The first-order chi connectivity index (χ1) is 10.3.